The highest BCUT2D eigenvalue weighted by atomic mass is 16.5. The summed E-state index contributed by atoms with van der Waals surface area (Å²) in [7, 11) is 1.69. The number of amides is 1. The van der Waals surface area contributed by atoms with Gasteiger partial charge in [0.15, 0.2) is 0 Å². The van der Waals surface area contributed by atoms with Gasteiger partial charge in [0.25, 0.3) is 0 Å². The van der Waals surface area contributed by atoms with Crippen LogP contribution < -0.4 is 20.7 Å². The average molecular weight is 291 g/mol. The first-order valence-electron chi connectivity index (χ1n) is 7.37. The van der Waals surface area contributed by atoms with Gasteiger partial charge in [-0.2, -0.15) is 0 Å². The number of para-hydroxylation sites is 2. The SMILES string of the molecule is COc1ccccc1N1CCC(CNC(=O)C(C)(C)N)C1. The number of benzene rings is 1. The molecule has 5 nitrogen and oxygen atoms in total. The van der Waals surface area contributed by atoms with Crippen molar-refractivity contribution in [1.82, 2.24) is 5.32 Å². The number of carbonyl (C=O) groups excluding carboxylic acids is 1. The molecule has 0 spiro atoms. The lowest BCUT2D eigenvalue weighted by atomic mass is 10.1. The third kappa shape index (κ3) is 3.88. The van der Waals surface area contributed by atoms with Crippen molar-refractivity contribution in [3.8, 4) is 5.75 Å². The second kappa shape index (κ2) is 6.35. The number of rotatable bonds is 5. The largest absolute Gasteiger partial charge is 0.495 e. The smallest absolute Gasteiger partial charge is 0.239 e. The Morgan fingerprint density at radius 1 is 1.48 bits per heavy atom. The molecule has 2 rings (SSSR count). The number of hydrogen-bond donors (Lipinski definition) is 2. The highest BCUT2D eigenvalue weighted by Crippen LogP contribution is 2.31. The number of nitrogens with zero attached hydrogens (tertiary/aromatic N) is 1. The summed E-state index contributed by atoms with van der Waals surface area (Å²) in [4.78, 5) is 14.1. The lowest BCUT2D eigenvalue weighted by molar-refractivity contribution is -0.125. The van der Waals surface area contributed by atoms with E-state index < -0.39 is 5.54 Å². The van der Waals surface area contributed by atoms with Crippen LogP contribution in [0.3, 0.4) is 0 Å². The minimum Gasteiger partial charge on any atom is -0.495 e. The van der Waals surface area contributed by atoms with Crippen LogP contribution in [0.4, 0.5) is 5.69 Å². The van der Waals surface area contributed by atoms with E-state index in [1.165, 1.54) is 0 Å². The molecule has 0 aliphatic carbocycles. The van der Waals surface area contributed by atoms with E-state index in [9.17, 15) is 4.79 Å². The third-order valence-electron chi connectivity index (χ3n) is 3.85. The van der Waals surface area contributed by atoms with Crippen LogP contribution in [0, 0.1) is 5.92 Å². The average Bonchev–Trinajstić information content (AvgIpc) is 2.92. The van der Waals surface area contributed by atoms with Crippen LogP contribution in [0.1, 0.15) is 20.3 Å². The van der Waals surface area contributed by atoms with Crippen molar-refractivity contribution in [1.29, 1.82) is 0 Å². The number of anilines is 1. The third-order valence-corrected chi connectivity index (χ3v) is 3.85. The summed E-state index contributed by atoms with van der Waals surface area (Å²) in [5.74, 6) is 1.24. The van der Waals surface area contributed by atoms with E-state index in [1.807, 2.05) is 18.2 Å². The molecule has 1 aliphatic heterocycles. The molecular weight excluding hydrogens is 266 g/mol. The van der Waals surface area contributed by atoms with Gasteiger partial charge < -0.3 is 20.7 Å². The van der Waals surface area contributed by atoms with Crippen LogP contribution in [0.25, 0.3) is 0 Å². The lowest BCUT2D eigenvalue weighted by Gasteiger charge is -2.22. The van der Waals surface area contributed by atoms with Gasteiger partial charge in [0.1, 0.15) is 5.75 Å². The van der Waals surface area contributed by atoms with Gasteiger partial charge in [-0.15, -0.1) is 0 Å². The van der Waals surface area contributed by atoms with Crippen molar-refractivity contribution in [2.45, 2.75) is 25.8 Å². The molecule has 0 saturated carbocycles. The fraction of sp³-hybridized carbons (Fsp3) is 0.562. The Hall–Kier alpha value is -1.75. The Balaban J connectivity index is 1.91. The Morgan fingerprint density at radius 3 is 2.86 bits per heavy atom. The van der Waals surface area contributed by atoms with Gasteiger partial charge in [-0.25, -0.2) is 0 Å². The van der Waals surface area contributed by atoms with Crippen LogP contribution in [0.15, 0.2) is 24.3 Å². The molecule has 1 saturated heterocycles. The van der Waals surface area contributed by atoms with Crippen molar-refractivity contribution >= 4 is 11.6 Å². The van der Waals surface area contributed by atoms with Crippen LogP contribution in [0.5, 0.6) is 5.75 Å². The summed E-state index contributed by atoms with van der Waals surface area (Å²) >= 11 is 0. The molecule has 0 aromatic heterocycles. The minimum absolute atomic E-state index is 0.0989. The van der Waals surface area contributed by atoms with E-state index in [2.05, 4.69) is 16.3 Å². The summed E-state index contributed by atoms with van der Waals surface area (Å²) in [6.07, 6.45) is 1.06. The second-order valence-electron chi connectivity index (χ2n) is 6.20. The molecule has 3 N–H and O–H groups in total. The van der Waals surface area contributed by atoms with Crippen LogP contribution >= 0.6 is 0 Å². The normalized spacial score (nSPS) is 18.7. The predicted molar refractivity (Wildman–Crippen MR) is 84.6 cm³/mol. The maximum absolute atomic E-state index is 11.8. The maximum atomic E-state index is 11.8. The number of ether oxygens (including phenoxy) is 1. The molecule has 1 aliphatic rings. The Bertz CT molecular complexity index is 497. The van der Waals surface area contributed by atoms with Crippen molar-refractivity contribution < 1.29 is 9.53 Å². The molecule has 0 radical (unpaired) electrons. The monoisotopic (exact) mass is 291 g/mol. The number of methoxy groups -OCH3 is 1. The lowest BCUT2D eigenvalue weighted by Crippen LogP contribution is -2.50. The topological polar surface area (TPSA) is 67.6 Å². The number of nitrogens with two attached hydrogens (primary N) is 1. The minimum atomic E-state index is -0.819. The number of nitrogens with one attached hydrogen (secondary N) is 1. The van der Waals surface area contributed by atoms with Crippen molar-refractivity contribution in [3.63, 3.8) is 0 Å². The van der Waals surface area contributed by atoms with E-state index in [0.717, 1.165) is 30.9 Å². The molecule has 5 heteroatoms. The van der Waals surface area contributed by atoms with Crippen molar-refractivity contribution in [3.05, 3.63) is 24.3 Å². The zero-order valence-corrected chi connectivity index (χ0v) is 13.1. The molecule has 1 amide bonds. The standard InChI is InChI=1S/C16H25N3O2/c1-16(2,17)15(20)18-10-12-8-9-19(11-12)13-6-4-5-7-14(13)21-3/h4-7,12H,8-11,17H2,1-3H3,(H,18,20). The maximum Gasteiger partial charge on any atom is 0.239 e. The Kier molecular flexibility index (Phi) is 4.73. The molecule has 1 heterocycles. The fourth-order valence-corrected chi connectivity index (χ4v) is 2.57. The second-order valence-corrected chi connectivity index (χ2v) is 6.20. The summed E-state index contributed by atoms with van der Waals surface area (Å²) in [5.41, 5.74) is 6.08. The molecule has 21 heavy (non-hydrogen) atoms. The van der Waals surface area contributed by atoms with Gasteiger partial charge in [-0.3, -0.25) is 4.79 Å². The van der Waals surface area contributed by atoms with E-state index in [4.69, 9.17) is 10.5 Å². The van der Waals surface area contributed by atoms with Gasteiger partial charge >= 0.3 is 0 Å². The summed E-state index contributed by atoms with van der Waals surface area (Å²) in [5, 5.41) is 2.94. The zero-order chi connectivity index (χ0) is 15.5. The molecule has 116 valence electrons. The highest BCUT2D eigenvalue weighted by molar-refractivity contribution is 5.85. The van der Waals surface area contributed by atoms with E-state index in [1.54, 1.807) is 21.0 Å². The first kappa shape index (κ1) is 15.6. The molecule has 1 aromatic carbocycles. The van der Waals surface area contributed by atoms with Gasteiger partial charge in [0, 0.05) is 19.6 Å². The Labute approximate surface area is 126 Å². The Morgan fingerprint density at radius 2 is 2.19 bits per heavy atom. The van der Waals surface area contributed by atoms with E-state index in [-0.39, 0.29) is 5.91 Å². The quantitative estimate of drug-likeness (QED) is 0.860. The van der Waals surface area contributed by atoms with Crippen LogP contribution in [-0.2, 0) is 4.79 Å². The van der Waals surface area contributed by atoms with Crippen LogP contribution in [0.2, 0.25) is 0 Å². The van der Waals surface area contributed by atoms with Gasteiger partial charge in [-0.1, -0.05) is 12.1 Å². The van der Waals surface area contributed by atoms with Crippen LogP contribution in [-0.4, -0.2) is 38.2 Å². The molecule has 1 unspecified atom stereocenters. The van der Waals surface area contributed by atoms with Crippen molar-refractivity contribution in [2.75, 3.05) is 31.6 Å². The van der Waals surface area contributed by atoms with Gasteiger partial charge in [0.2, 0.25) is 5.91 Å². The highest BCUT2D eigenvalue weighted by Gasteiger charge is 2.27. The molecule has 1 atom stereocenters. The predicted octanol–water partition coefficient (Wildman–Crippen LogP) is 1.37. The molecule has 1 aromatic rings. The number of carbonyl (C=O) groups is 1. The van der Waals surface area contributed by atoms with Crippen molar-refractivity contribution in [2.24, 2.45) is 11.7 Å². The first-order chi connectivity index (χ1) is 9.91. The zero-order valence-electron chi connectivity index (χ0n) is 13.1. The van der Waals surface area contributed by atoms with Gasteiger partial charge in [-0.05, 0) is 38.3 Å². The van der Waals surface area contributed by atoms with Gasteiger partial charge in [0.05, 0.1) is 18.3 Å². The molecule has 1 fully saturated rings. The molecule has 0 bridgehead atoms. The molecular formula is C16H25N3O2. The van der Waals surface area contributed by atoms with E-state index >= 15 is 0 Å². The summed E-state index contributed by atoms with van der Waals surface area (Å²) < 4.78 is 5.41. The summed E-state index contributed by atoms with van der Waals surface area (Å²) in [6, 6.07) is 8.04. The first-order valence-corrected chi connectivity index (χ1v) is 7.37. The number of hydrogen-bond acceptors (Lipinski definition) is 4. The fourth-order valence-electron chi connectivity index (χ4n) is 2.57. The summed E-state index contributed by atoms with van der Waals surface area (Å²) in [6.45, 7) is 6.01. The van der Waals surface area contributed by atoms with E-state index in [0.29, 0.717) is 12.5 Å².